The van der Waals surface area contributed by atoms with E-state index in [1.165, 1.54) is 12.1 Å². The Labute approximate surface area is 144 Å². The lowest BCUT2D eigenvalue weighted by atomic mass is 10.0. The minimum Gasteiger partial charge on any atom is -0.382 e. The van der Waals surface area contributed by atoms with E-state index < -0.39 is 0 Å². The number of aromatic nitrogens is 2. The van der Waals surface area contributed by atoms with Crippen LogP contribution in [-0.4, -0.2) is 39.9 Å². The molecule has 4 rings (SSSR count). The Balaban J connectivity index is 1.37. The number of likely N-dealkylation sites (tertiary alicyclic amines) is 1. The SMILES string of the molecule is O=C(c1ccc2nc[nH]c2c1)N1CCC(Nc2ccc(F)cc2)CC1. The van der Waals surface area contributed by atoms with E-state index in [0.717, 1.165) is 29.6 Å². The van der Waals surface area contributed by atoms with Gasteiger partial charge < -0.3 is 15.2 Å². The number of hydrogen-bond acceptors (Lipinski definition) is 3. The normalized spacial score (nSPS) is 15.5. The summed E-state index contributed by atoms with van der Waals surface area (Å²) >= 11 is 0. The highest BCUT2D eigenvalue weighted by molar-refractivity contribution is 5.97. The Kier molecular flexibility index (Phi) is 4.09. The molecule has 1 aliphatic heterocycles. The van der Waals surface area contributed by atoms with Gasteiger partial charge in [0.15, 0.2) is 0 Å². The number of hydrogen-bond donors (Lipinski definition) is 2. The van der Waals surface area contributed by atoms with Crippen molar-refractivity contribution in [2.45, 2.75) is 18.9 Å². The van der Waals surface area contributed by atoms with Crippen LogP contribution in [0.4, 0.5) is 10.1 Å². The topological polar surface area (TPSA) is 61.0 Å². The maximum Gasteiger partial charge on any atom is 0.253 e. The average Bonchev–Trinajstić information content (AvgIpc) is 3.11. The van der Waals surface area contributed by atoms with Gasteiger partial charge in [0, 0.05) is 30.4 Å². The molecule has 2 N–H and O–H groups in total. The summed E-state index contributed by atoms with van der Waals surface area (Å²) in [5.74, 6) is -0.183. The van der Waals surface area contributed by atoms with Crippen LogP contribution in [-0.2, 0) is 0 Å². The fourth-order valence-corrected chi connectivity index (χ4v) is 3.26. The van der Waals surface area contributed by atoms with Gasteiger partial charge in [0.1, 0.15) is 5.82 Å². The van der Waals surface area contributed by atoms with E-state index in [1.807, 2.05) is 23.1 Å². The van der Waals surface area contributed by atoms with E-state index in [-0.39, 0.29) is 11.7 Å². The van der Waals surface area contributed by atoms with Gasteiger partial charge in [-0.25, -0.2) is 9.37 Å². The largest absolute Gasteiger partial charge is 0.382 e. The van der Waals surface area contributed by atoms with Crippen molar-refractivity contribution in [2.24, 2.45) is 0 Å². The number of rotatable bonds is 3. The highest BCUT2D eigenvalue weighted by atomic mass is 19.1. The van der Waals surface area contributed by atoms with Gasteiger partial charge in [-0.2, -0.15) is 0 Å². The third-order valence-corrected chi connectivity index (χ3v) is 4.66. The molecule has 1 aliphatic rings. The Bertz CT molecular complexity index is 882. The predicted octanol–water partition coefficient (Wildman–Crippen LogP) is 3.42. The van der Waals surface area contributed by atoms with Gasteiger partial charge in [-0.1, -0.05) is 0 Å². The molecule has 3 aromatic rings. The fourth-order valence-electron chi connectivity index (χ4n) is 3.26. The Hall–Kier alpha value is -2.89. The molecule has 6 heteroatoms. The summed E-state index contributed by atoms with van der Waals surface area (Å²) in [6.07, 6.45) is 3.37. The first-order valence-corrected chi connectivity index (χ1v) is 8.43. The number of fused-ring (bicyclic) bond motifs is 1. The molecule has 1 amide bonds. The zero-order chi connectivity index (χ0) is 17.2. The van der Waals surface area contributed by atoms with Gasteiger partial charge in [0.25, 0.3) is 5.91 Å². The number of piperidine rings is 1. The Morgan fingerprint density at radius 2 is 1.92 bits per heavy atom. The van der Waals surface area contributed by atoms with Crippen LogP contribution < -0.4 is 5.32 Å². The average molecular weight is 338 g/mol. The van der Waals surface area contributed by atoms with Crippen molar-refractivity contribution in [1.29, 1.82) is 0 Å². The van der Waals surface area contributed by atoms with Gasteiger partial charge in [0.2, 0.25) is 0 Å². The summed E-state index contributed by atoms with van der Waals surface area (Å²) in [6.45, 7) is 1.41. The maximum atomic E-state index is 13.0. The lowest BCUT2D eigenvalue weighted by Gasteiger charge is -2.33. The van der Waals surface area contributed by atoms with E-state index >= 15 is 0 Å². The van der Waals surface area contributed by atoms with Crippen LogP contribution in [0.2, 0.25) is 0 Å². The summed E-state index contributed by atoms with van der Waals surface area (Å²) < 4.78 is 13.0. The Morgan fingerprint density at radius 1 is 1.16 bits per heavy atom. The van der Waals surface area contributed by atoms with Gasteiger partial charge in [-0.15, -0.1) is 0 Å². The van der Waals surface area contributed by atoms with Gasteiger partial charge in [-0.3, -0.25) is 4.79 Å². The molecular weight excluding hydrogens is 319 g/mol. The second-order valence-electron chi connectivity index (χ2n) is 6.35. The molecule has 1 aromatic heterocycles. The first-order chi connectivity index (χ1) is 12.2. The molecule has 2 aromatic carbocycles. The van der Waals surface area contributed by atoms with Crippen molar-refractivity contribution in [3.63, 3.8) is 0 Å². The van der Waals surface area contributed by atoms with E-state index in [0.29, 0.717) is 24.7 Å². The third-order valence-electron chi connectivity index (χ3n) is 4.66. The molecule has 2 heterocycles. The number of halogens is 1. The van der Waals surface area contributed by atoms with Gasteiger partial charge in [-0.05, 0) is 55.3 Å². The number of benzene rings is 2. The van der Waals surface area contributed by atoms with E-state index in [4.69, 9.17) is 0 Å². The van der Waals surface area contributed by atoms with Crippen molar-refractivity contribution in [3.05, 3.63) is 60.2 Å². The zero-order valence-corrected chi connectivity index (χ0v) is 13.7. The molecule has 128 valence electrons. The van der Waals surface area contributed by atoms with Crippen molar-refractivity contribution in [1.82, 2.24) is 14.9 Å². The number of nitrogens with one attached hydrogen (secondary N) is 2. The number of aromatic amines is 1. The van der Waals surface area contributed by atoms with E-state index in [1.54, 1.807) is 18.5 Å². The first kappa shape index (κ1) is 15.6. The monoisotopic (exact) mass is 338 g/mol. The zero-order valence-electron chi connectivity index (χ0n) is 13.7. The lowest BCUT2D eigenvalue weighted by molar-refractivity contribution is 0.0718. The quantitative estimate of drug-likeness (QED) is 0.769. The van der Waals surface area contributed by atoms with Crippen molar-refractivity contribution < 1.29 is 9.18 Å². The van der Waals surface area contributed by atoms with Crippen LogP contribution in [0.5, 0.6) is 0 Å². The molecule has 0 atom stereocenters. The molecular formula is C19H19FN4O. The van der Waals surface area contributed by atoms with Gasteiger partial charge in [0.05, 0.1) is 17.4 Å². The number of nitrogens with zero attached hydrogens (tertiary/aromatic N) is 2. The molecule has 0 aliphatic carbocycles. The summed E-state index contributed by atoms with van der Waals surface area (Å²) in [4.78, 5) is 21.8. The van der Waals surface area contributed by atoms with Crippen molar-refractivity contribution in [2.75, 3.05) is 18.4 Å². The van der Waals surface area contributed by atoms with Crippen LogP contribution in [0.1, 0.15) is 23.2 Å². The standard InChI is InChI=1S/C19H19FN4O/c20-14-2-4-15(5-3-14)23-16-7-9-24(10-8-16)19(25)13-1-6-17-18(11-13)22-12-21-17/h1-6,11-12,16,23H,7-10H2,(H,21,22). The summed E-state index contributed by atoms with van der Waals surface area (Å²) in [7, 11) is 0. The molecule has 0 saturated carbocycles. The van der Waals surface area contributed by atoms with Crippen molar-refractivity contribution in [3.8, 4) is 0 Å². The Morgan fingerprint density at radius 3 is 2.68 bits per heavy atom. The van der Waals surface area contributed by atoms with Crippen molar-refractivity contribution >= 4 is 22.6 Å². The molecule has 25 heavy (non-hydrogen) atoms. The second kappa shape index (κ2) is 6.55. The van der Waals surface area contributed by atoms with Crippen LogP contribution in [0.15, 0.2) is 48.8 Å². The van der Waals surface area contributed by atoms with Crippen LogP contribution in [0, 0.1) is 5.82 Å². The molecule has 0 unspecified atom stereocenters. The number of imidazole rings is 1. The smallest absolute Gasteiger partial charge is 0.253 e. The van der Waals surface area contributed by atoms with Crippen LogP contribution in [0.25, 0.3) is 11.0 Å². The molecule has 1 fully saturated rings. The molecule has 5 nitrogen and oxygen atoms in total. The number of amides is 1. The van der Waals surface area contributed by atoms with Crippen LogP contribution in [0.3, 0.4) is 0 Å². The summed E-state index contributed by atoms with van der Waals surface area (Å²) in [5.41, 5.74) is 3.33. The van der Waals surface area contributed by atoms with E-state index in [2.05, 4.69) is 15.3 Å². The minimum absolute atomic E-state index is 0.0525. The summed E-state index contributed by atoms with van der Waals surface area (Å²) in [5, 5.41) is 3.41. The van der Waals surface area contributed by atoms with E-state index in [9.17, 15) is 9.18 Å². The second-order valence-corrected chi connectivity index (χ2v) is 6.35. The molecule has 1 saturated heterocycles. The van der Waals surface area contributed by atoms with Gasteiger partial charge >= 0.3 is 0 Å². The minimum atomic E-state index is -0.236. The highest BCUT2D eigenvalue weighted by Gasteiger charge is 2.23. The lowest BCUT2D eigenvalue weighted by Crippen LogP contribution is -2.42. The molecule has 0 bridgehead atoms. The third kappa shape index (κ3) is 3.33. The number of carbonyl (C=O) groups is 1. The first-order valence-electron chi connectivity index (χ1n) is 8.43. The number of carbonyl (C=O) groups excluding carboxylic acids is 1. The number of H-pyrrole nitrogens is 1. The highest BCUT2D eigenvalue weighted by Crippen LogP contribution is 2.20. The maximum absolute atomic E-state index is 13.0. The molecule has 0 radical (unpaired) electrons. The van der Waals surface area contributed by atoms with Crippen LogP contribution >= 0.6 is 0 Å². The predicted molar refractivity (Wildman–Crippen MR) is 95.0 cm³/mol. The molecule has 0 spiro atoms. The summed E-state index contributed by atoms with van der Waals surface area (Å²) in [6, 6.07) is 12.2. The fraction of sp³-hybridized carbons (Fsp3) is 0.263. The number of anilines is 1.